The van der Waals surface area contributed by atoms with Gasteiger partial charge in [-0.2, -0.15) is 0 Å². The van der Waals surface area contributed by atoms with Gasteiger partial charge in [-0.15, -0.1) is 0 Å². The van der Waals surface area contributed by atoms with Crippen LogP contribution in [0.4, 0.5) is 0 Å². The SMILES string of the molecule is CC1(C)CCCCC1C(=O)NC1CC1. The molecule has 0 heterocycles. The van der Waals surface area contributed by atoms with Crippen LogP contribution in [0.15, 0.2) is 0 Å². The van der Waals surface area contributed by atoms with Gasteiger partial charge < -0.3 is 5.32 Å². The summed E-state index contributed by atoms with van der Waals surface area (Å²) in [5.41, 5.74) is 0.219. The minimum absolute atomic E-state index is 0.219. The second-order valence-electron chi connectivity index (χ2n) is 5.57. The van der Waals surface area contributed by atoms with Crippen molar-refractivity contribution in [2.24, 2.45) is 11.3 Å². The Morgan fingerprint density at radius 1 is 1.21 bits per heavy atom. The fourth-order valence-corrected chi connectivity index (χ4v) is 2.51. The molecule has 2 aliphatic rings. The Kier molecular flexibility index (Phi) is 2.54. The highest BCUT2D eigenvalue weighted by molar-refractivity contribution is 5.80. The Morgan fingerprint density at radius 3 is 2.50 bits per heavy atom. The van der Waals surface area contributed by atoms with Gasteiger partial charge >= 0.3 is 0 Å². The third-order valence-electron chi connectivity index (χ3n) is 3.75. The summed E-state index contributed by atoms with van der Waals surface area (Å²) in [4.78, 5) is 12.0. The summed E-state index contributed by atoms with van der Waals surface area (Å²) in [5.74, 6) is 0.578. The summed E-state index contributed by atoms with van der Waals surface area (Å²) < 4.78 is 0. The second kappa shape index (κ2) is 3.56. The van der Waals surface area contributed by atoms with Crippen molar-refractivity contribution in [3.63, 3.8) is 0 Å². The van der Waals surface area contributed by atoms with Gasteiger partial charge in [0.1, 0.15) is 0 Å². The van der Waals surface area contributed by atoms with E-state index in [0.29, 0.717) is 11.9 Å². The van der Waals surface area contributed by atoms with Crippen molar-refractivity contribution in [3.8, 4) is 0 Å². The van der Waals surface area contributed by atoms with Gasteiger partial charge in [-0.05, 0) is 31.1 Å². The fraction of sp³-hybridized carbons (Fsp3) is 0.917. The summed E-state index contributed by atoms with van der Waals surface area (Å²) in [7, 11) is 0. The van der Waals surface area contributed by atoms with Crippen molar-refractivity contribution in [1.82, 2.24) is 5.32 Å². The molecule has 0 radical (unpaired) electrons. The molecule has 0 aromatic heterocycles. The van der Waals surface area contributed by atoms with Crippen LogP contribution in [-0.4, -0.2) is 11.9 Å². The van der Waals surface area contributed by atoms with Gasteiger partial charge in [-0.25, -0.2) is 0 Å². The molecule has 2 aliphatic carbocycles. The van der Waals surface area contributed by atoms with Crippen LogP contribution in [0.2, 0.25) is 0 Å². The smallest absolute Gasteiger partial charge is 0.223 e. The largest absolute Gasteiger partial charge is 0.353 e. The van der Waals surface area contributed by atoms with E-state index in [9.17, 15) is 4.79 Å². The summed E-state index contributed by atoms with van der Waals surface area (Å²) in [5, 5.41) is 3.14. The molecule has 14 heavy (non-hydrogen) atoms. The van der Waals surface area contributed by atoms with Gasteiger partial charge in [0.2, 0.25) is 5.91 Å². The molecule has 1 amide bonds. The third-order valence-corrected chi connectivity index (χ3v) is 3.75. The zero-order valence-electron chi connectivity index (χ0n) is 9.31. The van der Waals surface area contributed by atoms with E-state index in [4.69, 9.17) is 0 Å². The van der Waals surface area contributed by atoms with E-state index in [0.717, 1.165) is 6.42 Å². The number of hydrogen-bond donors (Lipinski definition) is 1. The number of nitrogens with one attached hydrogen (secondary N) is 1. The maximum atomic E-state index is 12.0. The second-order valence-corrected chi connectivity index (χ2v) is 5.57. The first-order chi connectivity index (χ1) is 6.59. The fourth-order valence-electron chi connectivity index (χ4n) is 2.51. The lowest BCUT2D eigenvalue weighted by Crippen LogP contribution is -2.41. The van der Waals surface area contributed by atoms with Gasteiger partial charge in [-0.3, -0.25) is 4.79 Å². The van der Waals surface area contributed by atoms with Crippen molar-refractivity contribution in [3.05, 3.63) is 0 Å². The predicted molar refractivity (Wildman–Crippen MR) is 56.9 cm³/mol. The average molecular weight is 195 g/mol. The molecule has 1 atom stereocenters. The van der Waals surface area contributed by atoms with Gasteiger partial charge in [0.25, 0.3) is 0 Å². The van der Waals surface area contributed by atoms with Crippen molar-refractivity contribution in [1.29, 1.82) is 0 Å². The van der Waals surface area contributed by atoms with Gasteiger partial charge in [0.15, 0.2) is 0 Å². The van der Waals surface area contributed by atoms with E-state index in [1.54, 1.807) is 0 Å². The highest BCUT2D eigenvalue weighted by Gasteiger charge is 2.38. The van der Waals surface area contributed by atoms with Crippen LogP contribution in [-0.2, 0) is 4.79 Å². The van der Waals surface area contributed by atoms with Crippen LogP contribution in [0.3, 0.4) is 0 Å². The minimum Gasteiger partial charge on any atom is -0.353 e. The number of rotatable bonds is 2. The first kappa shape index (κ1) is 10.0. The lowest BCUT2D eigenvalue weighted by Gasteiger charge is -2.37. The number of amides is 1. The van der Waals surface area contributed by atoms with E-state index < -0.39 is 0 Å². The zero-order chi connectivity index (χ0) is 10.2. The molecule has 0 aromatic carbocycles. The van der Waals surface area contributed by atoms with Crippen LogP contribution in [0.25, 0.3) is 0 Å². The van der Waals surface area contributed by atoms with E-state index in [1.165, 1.54) is 32.1 Å². The van der Waals surface area contributed by atoms with E-state index in [-0.39, 0.29) is 11.3 Å². The normalized spacial score (nSPS) is 31.1. The molecule has 1 N–H and O–H groups in total. The summed E-state index contributed by atoms with van der Waals surface area (Å²) in [6.45, 7) is 4.48. The molecule has 2 heteroatoms. The van der Waals surface area contributed by atoms with Crippen molar-refractivity contribution >= 4 is 5.91 Å². The van der Waals surface area contributed by atoms with Crippen LogP contribution in [0.1, 0.15) is 52.4 Å². The van der Waals surface area contributed by atoms with Gasteiger partial charge in [0.05, 0.1) is 0 Å². The molecule has 80 valence electrons. The quantitative estimate of drug-likeness (QED) is 0.720. The average Bonchev–Trinajstić information content (AvgIpc) is 2.87. The van der Waals surface area contributed by atoms with Crippen LogP contribution >= 0.6 is 0 Å². The third kappa shape index (κ3) is 2.10. The van der Waals surface area contributed by atoms with Crippen LogP contribution < -0.4 is 5.32 Å². The van der Waals surface area contributed by atoms with E-state index in [1.807, 2.05) is 0 Å². The maximum absolute atomic E-state index is 12.0. The summed E-state index contributed by atoms with van der Waals surface area (Å²) in [6, 6.07) is 0.514. The Balaban J connectivity index is 1.95. The van der Waals surface area contributed by atoms with Crippen LogP contribution in [0.5, 0.6) is 0 Å². The summed E-state index contributed by atoms with van der Waals surface area (Å²) >= 11 is 0. The standard InChI is InChI=1S/C12H21NO/c1-12(2)8-4-3-5-10(12)11(14)13-9-6-7-9/h9-10H,3-8H2,1-2H3,(H,13,14). The first-order valence-electron chi connectivity index (χ1n) is 5.90. The molecule has 0 bridgehead atoms. The van der Waals surface area contributed by atoms with Gasteiger partial charge in [0, 0.05) is 12.0 Å². The molecular formula is C12H21NO. The summed E-state index contributed by atoms with van der Waals surface area (Å²) in [6.07, 6.45) is 7.20. The molecule has 2 rings (SSSR count). The molecule has 2 nitrogen and oxygen atoms in total. The molecule has 0 saturated heterocycles. The minimum atomic E-state index is 0.219. The molecule has 0 spiro atoms. The predicted octanol–water partition coefficient (Wildman–Crippen LogP) is 2.48. The highest BCUT2D eigenvalue weighted by Crippen LogP contribution is 2.40. The monoisotopic (exact) mass is 195 g/mol. The Morgan fingerprint density at radius 2 is 1.93 bits per heavy atom. The molecule has 0 aromatic rings. The maximum Gasteiger partial charge on any atom is 0.223 e. The van der Waals surface area contributed by atoms with Crippen LogP contribution in [0, 0.1) is 11.3 Å². The molecule has 0 aliphatic heterocycles. The first-order valence-corrected chi connectivity index (χ1v) is 5.90. The molecule has 1 unspecified atom stereocenters. The Hall–Kier alpha value is -0.530. The Bertz CT molecular complexity index is 230. The topological polar surface area (TPSA) is 29.1 Å². The zero-order valence-corrected chi connectivity index (χ0v) is 9.31. The van der Waals surface area contributed by atoms with Crippen molar-refractivity contribution in [2.75, 3.05) is 0 Å². The van der Waals surface area contributed by atoms with Gasteiger partial charge in [-0.1, -0.05) is 26.7 Å². The lowest BCUT2D eigenvalue weighted by atomic mass is 9.68. The number of carbonyl (C=O) groups is 1. The van der Waals surface area contributed by atoms with Crippen molar-refractivity contribution in [2.45, 2.75) is 58.4 Å². The number of carbonyl (C=O) groups excluding carboxylic acids is 1. The van der Waals surface area contributed by atoms with E-state index in [2.05, 4.69) is 19.2 Å². The Labute approximate surface area is 86.5 Å². The molecular weight excluding hydrogens is 174 g/mol. The lowest BCUT2D eigenvalue weighted by molar-refractivity contribution is -0.130. The van der Waals surface area contributed by atoms with E-state index >= 15 is 0 Å². The molecule has 2 fully saturated rings. The highest BCUT2D eigenvalue weighted by atomic mass is 16.2. The van der Waals surface area contributed by atoms with Crippen molar-refractivity contribution < 1.29 is 4.79 Å². The number of hydrogen-bond acceptors (Lipinski definition) is 1. The molecule has 2 saturated carbocycles.